The molecule has 20 heavy (non-hydrogen) atoms. The van der Waals surface area contributed by atoms with Gasteiger partial charge in [-0.05, 0) is 44.5 Å². The standard InChI is InChI=1S/C15H20N4O/c1-4-9-16-13-7-5-12(6-8-13)15(20)17-14-10(2)18-19-11(14)3/h5-8,16H,4,9H2,1-3H3,(H,17,20)(H,18,19). The van der Waals surface area contributed by atoms with Crippen molar-refractivity contribution >= 4 is 17.3 Å². The number of rotatable bonds is 5. The summed E-state index contributed by atoms with van der Waals surface area (Å²) in [6, 6.07) is 7.47. The van der Waals surface area contributed by atoms with Crippen LogP contribution in [0.2, 0.25) is 0 Å². The molecule has 0 saturated carbocycles. The Hall–Kier alpha value is -2.30. The van der Waals surface area contributed by atoms with Gasteiger partial charge in [-0.3, -0.25) is 9.89 Å². The molecule has 1 amide bonds. The quantitative estimate of drug-likeness (QED) is 0.783. The lowest BCUT2D eigenvalue weighted by atomic mass is 10.2. The maximum atomic E-state index is 12.2. The first-order valence-electron chi connectivity index (χ1n) is 6.78. The van der Waals surface area contributed by atoms with Crippen molar-refractivity contribution in [1.29, 1.82) is 0 Å². The predicted octanol–water partition coefficient (Wildman–Crippen LogP) is 3.10. The molecule has 0 fully saturated rings. The van der Waals surface area contributed by atoms with Crippen LogP contribution in [0.3, 0.4) is 0 Å². The highest BCUT2D eigenvalue weighted by Crippen LogP contribution is 2.18. The van der Waals surface area contributed by atoms with E-state index in [1.54, 1.807) is 0 Å². The lowest BCUT2D eigenvalue weighted by Gasteiger charge is -2.07. The van der Waals surface area contributed by atoms with Crippen molar-refractivity contribution in [1.82, 2.24) is 10.2 Å². The number of nitrogens with one attached hydrogen (secondary N) is 3. The van der Waals surface area contributed by atoms with Crippen molar-refractivity contribution in [2.45, 2.75) is 27.2 Å². The molecule has 2 rings (SSSR count). The molecule has 0 atom stereocenters. The number of aromatic nitrogens is 2. The molecule has 0 aliphatic rings. The van der Waals surface area contributed by atoms with Crippen molar-refractivity contribution in [2.24, 2.45) is 0 Å². The Kier molecular flexibility index (Phi) is 4.40. The smallest absolute Gasteiger partial charge is 0.255 e. The van der Waals surface area contributed by atoms with E-state index in [0.29, 0.717) is 5.56 Å². The molecular weight excluding hydrogens is 252 g/mol. The van der Waals surface area contributed by atoms with Gasteiger partial charge in [0.15, 0.2) is 0 Å². The fourth-order valence-electron chi connectivity index (χ4n) is 1.93. The first-order valence-corrected chi connectivity index (χ1v) is 6.78. The second-order valence-corrected chi connectivity index (χ2v) is 4.77. The number of amides is 1. The number of benzene rings is 1. The lowest BCUT2D eigenvalue weighted by molar-refractivity contribution is 0.102. The van der Waals surface area contributed by atoms with Crippen LogP contribution in [-0.2, 0) is 0 Å². The highest BCUT2D eigenvalue weighted by Gasteiger charge is 2.11. The average molecular weight is 272 g/mol. The summed E-state index contributed by atoms with van der Waals surface area (Å²) in [5.41, 5.74) is 4.06. The van der Waals surface area contributed by atoms with Gasteiger partial charge in [-0.25, -0.2) is 0 Å². The lowest BCUT2D eigenvalue weighted by Crippen LogP contribution is -2.13. The largest absolute Gasteiger partial charge is 0.385 e. The number of nitrogens with zero attached hydrogens (tertiary/aromatic N) is 1. The Morgan fingerprint density at radius 2 is 1.95 bits per heavy atom. The van der Waals surface area contributed by atoms with Crippen molar-refractivity contribution in [3.63, 3.8) is 0 Å². The molecular formula is C15H20N4O. The fraction of sp³-hybridized carbons (Fsp3) is 0.333. The molecule has 2 aromatic rings. The molecule has 1 heterocycles. The minimum Gasteiger partial charge on any atom is -0.385 e. The second-order valence-electron chi connectivity index (χ2n) is 4.77. The number of carbonyl (C=O) groups is 1. The van der Waals surface area contributed by atoms with Gasteiger partial charge in [0.05, 0.1) is 17.1 Å². The molecule has 0 aliphatic carbocycles. The Morgan fingerprint density at radius 3 is 2.50 bits per heavy atom. The van der Waals surface area contributed by atoms with Gasteiger partial charge in [0, 0.05) is 17.8 Å². The van der Waals surface area contributed by atoms with Crippen LogP contribution in [0.1, 0.15) is 35.1 Å². The maximum Gasteiger partial charge on any atom is 0.255 e. The zero-order valence-corrected chi connectivity index (χ0v) is 12.1. The van der Waals surface area contributed by atoms with Gasteiger partial charge < -0.3 is 10.6 Å². The van der Waals surface area contributed by atoms with E-state index in [0.717, 1.165) is 35.7 Å². The van der Waals surface area contributed by atoms with Crippen LogP contribution in [-0.4, -0.2) is 22.6 Å². The number of aromatic amines is 1. The SMILES string of the molecule is CCCNc1ccc(C(=O)Nc2c(C)n[nH]c2C)cc1. The highest BCUT2D eigenvalue weighted by molar-refractivity contribution is 6.05. The Labute approximate surface area is 118 Å². The summed E-state index contributed by atoms with van der Waals surface area (Å²) in [5.74, 6) is -0.125. The van der Waals surface area contributed by atoms with Crippen molar-refractivity contribution in [3.05, 3.63) is 41.2 Å². The van der Waals surface area contributed by atoms with E-state index in [2.05, 4.69) is 27.8 Å². The van der Waals surface area contributed by atoms with Gasteiger partial charge >= 0.3 is 0 Å². The minimum atomic E-state index is -0.125. The number of hydrogen-bond donors (Lipinski definition) is 3. The van der Waals surface area contributed by atoms with Gasteiger partial charge in [0.25, 0.3) is 5.91 Å². The summed E-state index contributed by atoms with van der Waals surface area (Å²) in [5, 5.41) is 13.1. The number of hydrogen-bond acceptors (Lipinski definition) is 3. The molecule has 0 unspecified atom stereocenters. The summed E-state index contributed by atoms with van der Waals surface area (Å²) in [6.45, 7) is 6.79. The maximum absolute atomic E-state index is 12.2. The van der Waals surface area contributed by atoms with Crippen LogP contribution in [0.4, 0.5) is 11.4 Å². The topological polar surface area (TPSA) is 69.8 Å². The summed E-state index contributed by atoms with van der Waals surface area (Å²) in [6.07, 6.45) is 1.07. The van der Waals surface area contributed by atoms with Crippen molar-refractivity contribution in [2.75, 3.05) is 17.2 Å². The second kappa shape index (κ2) is 6.23. The molecule has 0 spiro atoms. The van der Waals surface area contributed by atoms with Gasteiger partial charge in [0.1, 0.15) is 0 Å². The highest BCUT2D eigenvalue weighted by atomic mass is 16.1. The van der Waals surface area contributed by atoms with Gasteiger partial charge in [-0.2, -0.15) is 5.10 Å². The van der Waals surface area contributed by atoms with E-state index >= 15 is 0 Å². The van der Waals surface area contributed by atoms with Crippen LogP contribution in [0.5, 0.6) is 0 Å². The number of H-pyrrole nitrogens is 1. The third-order valence-corrected chi connectivity index (χ3v) is 3.09. The molecule has 106 valence electrons. The van der Waals surface area contributed by atoms with Crippen LogP contribution in [0.25, 0.3) is 0 Å². The monoisotopic (exact) mass is 272 g/mol. The molecule has 0 saturated heterocycles. The van der Waals surface area contributed by atoms with Crippen LogP contribution in [0.15, 0.2) is 24.3 Å². The minimum absolute atomic E-state index is 0.125. The zero-order chi connectivity index (χ0) is 14.5. The molecule has 0 aliphatic heterocycles. The van der Waals surface area contributed by atoms with Gasteiger partial charge in [0.2, 0.25) is 0 Å². The Balaban J connectivity index is 2.06. The van der Waals surface area contributed by atoms with E-state index in [1.165, 1.54) is 0 Å². The first kappa shape index (κ1) is 14.1. The molecule has 5 nitrogen and oxygen atoms in total. The van der Waals surface area contributed by atoms with E-state index in [-0.39, 0.29) is 5.91 Å². The average Bonchev–Trinajstić information content (AvgIpc) is 2.77. The molecule has 1 aromatic carbocycles. The summed E-state index contributed by atoms with van der Waals surface area (Å²) < 4.78 is 0. The Bertz CT molecular complexity index is 567. The van der Waals surface area contributed by atoms with Crippen molar-refractivity contribution in [3.8, 4) is 0 Å². The number of anilines is 2. The number of carbonyl (C=O) groups excluding carboxylic acids is 1. The van der Waals surface area contributed by atoms with E-state index < -0.39 is 0 Å². The summed E-state index contributed by atoms with van der Waals surface area (Å²) in [7, 11) is 0. The van der Waals surface area contributed by atoms with E-state index in [4.69, 9.17) is 0 Å². The van der Waals surface area contributed by atoms with Crippen molar-refractivity contribution < 1.29 is 4.79 Å². The van der Waals surface area contributed by atoms with E-state index in [9.17, 15) is 4.79 Å². The molecule has 1 aromatic heterocycles. The third kappa shape index (κ3) is 3.17. The Morgan fingerprint density at radius 1 is 1.25 bits per heavy atom. The summed E-state index contributed by atoms with van der Waals surface area (Å²) >= 11 is 0. The predicted molar refractivity (Wildman–Crippen MR) is 81.2 cm³/mol. The normalized spacial score (nSPS) is 10.3. The summed E-state index contributed by atoms with van der Waals surface area (Å²) in [4.78, 5) is 12.2. The fourth-order valence-corrected chi connectivity index (χ4v) is 1.93. The van der Waals surface area contributed by atoms with Gasteiger partial charge in [-0.1, -0.05) is 6.92 Å². The molecule has 5 heteroatoms. The van der Waals surface area contributed by atoms with Crippen LogP contribution >= 0.6 is 0 Å². The molecule has 3 N–H and O–H groups in total. The molecule has 0 bridgehead atoms. The van der Waals surface area contributed by atoms with Crippen LogP contribution in [0, 0.1) is 13.8 Å². The van der Waals surface area contributed by atoms with E-state index in [1.807, 2.05) is 38.1 Å². The third-order valence-electron chi connectivity index (χ3n) is 3.09. The zero-order valence-electron chi connectivity index (χ0n) is 12.1. The first-order chi connectivity index (χ1) is 9.61. The molecule has 0 radical (unpaired) electrons. The van der Waals surface area contributed by atoms with Gasteiger partial charge in [-0.15, -0.1) is 0 Å². The number of aryl methyl sites for hydroxylation is 2. The van der Waals surface area contributed by atoms with Crippen LogP contribution < -0.4 is 10.6 Å².